The highest BCUT2D eigenvalue weighted by molar-refractivity contribution is 5.66. The van der Waals surface area contributed by atoms with Crippen LogP contribution in [0.5, 0.6) is 0 Å². The zero-order chi connectivity index (χ0) is 14.0. The van der Waals surface area contributed by atoms with Crippen molar-refractivity contribution in [1.82, 2.24) is 30.0 Å². The number of carbonyl (C=O) groups is 1. The summed E-state index contributed by atoms with van der Waals surface area (Å²) >= 11 is 0. The molecule has 8 nitrogen and oxygen atoms in total. The number of hydrogen-bond donors (Lipinski definition) is 1. The van der Waals surface area contributed by atoms with Gasteiger partial charge in [-0.25, -0.2) is 4.68 Å². The Balaban J connectivity index is 2.23. The molecule has 0 aromatic carbocycles. The molecule has 8 heteroatoms. The fourth-order valence-corrected chi connectivity index (χ4v) is 1.99. The fraction of sp³-hybridized carbons (Fsp3) is 0.545. The molecule has 0 amide bonds. The van der Waals surface area contributed by atoms with Crippen LogP contribution in [0.25, 0.3) is 11.5 Å². The summed E-state index contributed by atoms with van der Waals surface area (Å²) in [6.45, 7) is 4.21. The molecule has 1 atom stereocenters. The molecule has 1 unspecified atom stereocenters. The first-order valence-corrected chi connectivity index (χ1v) is 5.96. The fourth-order valence-electron chi connectivity index (χ4n) is 1.99. The molecule has 19 heavy (non-hydrogen) atoms. The molecule has 0 saturated heterocycles. The normalized spacial score (nSPS) is 12.6. The molecular formula is C11H16N6O2. The molecule has 0 radical (unpaired) electrons. The summed E-state index contributed by atoms with van der Waals surface area (Å²) in [5.74, 6) is -0.270. The number of tetrazole rings is 1. The molecule has 0 spiro atoms. The third kappa shape index (κ3) is 2.95. The SMILES string of the molecule is Cc1cc(-c2nnnn2CC(C)CC(=O)O)n(C)n1. The first-order valence-electron chi connectivity index (χ1n) is 5.96. The Labute approximate surface area is 110 Å². The van der Waals surface area contributed by atoms with Crippen LogP contribution in [0.1, 0.15) is 19.0 Å². The molecular weight excluding hydrogens is 248 g/mol. The number of carboxylic acid groups (broad SMARTS) is 1. The molecule has 102 valence electrons. The van der Waals surface area contributed by atoms with E-state index in [9.17, 15) is 4.79 Å². The van der Waals surface area contributed by atoms with Crippen LogP contribution in [0.4, 0.5) is 0 Å². The first kappa shape index (κ1) is 13.2. The van der Waals surface area contributed by atoms with Crippen LogP contribution in [0, 0.1) is 12.8 Å². The smallest absolute Gasteiger partial charge is 0.303 e. The number of aryl methyl sites for hydroxylation is 2. The summed E-state index contributed by atoms with van der Waals surface area (Å²) in [6, 6.07) is 1.89. The largest absolute Gasteiger partial charge is 0.481 e. The van der Waals surface area contributed by atoms with Gasteiger partial charge in [0.1, 0.15) is 5.69 Å². The number of aliphatic carboxylic acids is 1. The summed E-state index contributed by atoms with van der Waals surface area (Å²) in [6.07, 6.45) is 0.0870. The van der Waals surface area contributed by atoms with Crippen molar-refractivity contribution in [2.75, 3.05) is 0 Å². The second-order valence-electron chi connectivity index (χ2n) is 4.68. The minimum absolute atomic E-state index is 0.0472. The average Bonchev–Trinajstić information content (AvgIpc) is 2.83. The molecule has 2 heterocycles. The molecule has 0 aliphatic heterocycles. The molecule has 1 N–H and O–H groups in total. The van der Waals surface area contributed by atoms with Crippen LogP contribution >= 0.6 is 0 Å². The van der Waals surface area contributed by atoms with Crippen molar-refractivity contribution in [2.24, 2.45) is 13.0 Å². The minimum Gasteiger partial charge on any atom is -0.481 e. The average molecular weight is 264 g/mol. The Bertz CT molecular complexity index is 588. The van der Waals surface area contributed by atoms with Gasteiger partial charge >= 0.3 is 5.97 Å². The highest BCUT2D eigenvalue weighted by Gasteiger charge is 2.16. The van der Waals surface area contributed by atoms with Crippen LogP contribution in [-0.2, 0) is 18.4 Å². The van der Waals surface area contributed by atoms with Gasteiger partial charge in [0, 0.05) is 20.0 Å². The van der Waals surface area contributed by atoms with E-state index >= 15 is 0 Å². The summed E-state index contributed by atoms with van der Waals surface area (Å²) in [5.41, 5.74) is 1.69. The lowest BCUT2D eigenvalue weighted by Gasteiger charge is -2.09. The third-order valence-electron chi connectivity index (χ3n) is 2.77. The van der Waals surface area contributed by atoms with E-state index < -0.39 is 5.97 Å². The van der Waals surface area contributed by atoms with E-state index in [2.05, 4.69) is 20.6 Å². The minimum atomic E-state index is -0.821. The topological polar surface area (TPSA) is 98.7 Å². The van der Waals surface area contributed by atoms with Gasteiger partial charge in [0.05, 0.1) is 5.69 Å². The van der Waals surface area contributed by atoms with Crippen molar-refractivity contribution >= 4 is 5.97 Å². The number of carboxylic acids is 1. The van der Waals surface area contributed by atoms with E-state index in [4.69, 9.17) is 5.11 Å². The standard InChI is InChI=1S/C11H16N6O2/c1-7(4-10(18)19)6-17-11(12-14-15-17)9-5-8(2)13-16(9)3/h5,7H,4,6H2,1-3H3,(H,18,19). The van der Waals surface area contributed by atoms with Gasteiger partial charge in [-0.3, -0.25) is 9.48 Å². The van der Waals surface area contributed by atoms with Crippen LogP contribution in [0.2, 0.25) is 0 Å². The summed E-state index contributed by atoms with van der Waals surface area (Å²) < 4.78 is 3.32. The van der Waals surface area contributed by atoms with Gasteiger partial charge < -0.3 is 5.11 Å². The van der Waals surface area contributed by atoms with Gasteiger partial charge in [-0.2, -0.15) is 5.10 Å². The van der Waals surface area contributed by atoms with Crippen LogP contribution in [0.3, 0.4) is 0 Å². The van der Waals surface area contributed by atoms with Crippen molar-refractivity contribution in [1.29, 1.82) is 0 Å². The summed E-state index contributed by atoms with van der Waals surface area (Å²) in [7, 11) is 1.82. The molecule has 0 aliphatic rings. The van der Waals surface area contributed by atoms with Crippen molar-refractivity contribution in [3.05, 3.63) is 11.8 Å². The van der Waals surface area contributed by atoms with Crippen molar-refractivity contribution in [3.8, 4) is 11.5 Å². The number of hydrogen-bond acceptors (Lipinski definition) is 5. The van der Waals surface area contributed by atoms with Gasteiger partial charge in [0.15, 0.2) is 5.82 Å². The van der Waals surface area contributed by atoms with E-state index in [1.165, 1.54) is 0 Å². The van der Waals surface area contributed by atoms with E-state index in [-0.39, 0.29) is 12.3 Å². The van der Waals surface area contributed by atoms with Crippen molar-refractivity contribution < 1.29 is 9.90 Å². The number of rotatable bonds is 5. The Morgan fingerprint density at radius 2 is 2.26 bits per heavy atom. The molecule has 0 fully saturated rings. The molecule has 2 aromatic rings. The zero-order valence-corrected chi connectivity index (χ0v) is 11.1. The van der Waals surface area contributed by atoms with Gasteiger partial charge in [-0.05, 0) is 29.3 Å². The highest BCUT2D eigenvalue weighted by Crippen LogP contribution is 2.17. The van der Waals surface area contributed by atoms with E-state index in [0.717, 1.165) is 11.4 Å². The maximum atomic E-state index is 10.7. The number of aromatic nitrogens is 6. The third-order valence-corrected chi connectivity index (χ3v) is 2.77. The Morgan fingerprint density at radius 3 is 2.84 bits per heavy atom. The van der Waals surface area contributed by atoms with E-state index in [1.807, 2.05) is 27.0 Å². The molecule has 0 aliphatic carbocycles. The van der Waals surface area contributed by atoms with Gasteiger partial charge in [-0.15, -0.1) is 5.10 Å². The Morgan fingerprint density at radius 1 is 1.53 bits per heavy atom. The summed E-state index contributed by atoms with van der Waals surface area (Å²) in [5, 5.41) is 24.6. The van der Waals surface area contributed by atoms with Crippen LogP contribution < -0.4 is 0 Å². The quantitative estimate of drug-likeness (QED) is 0.844. The highest BCUT2D eigenvalue weighted by atomic mass is 16.4. The predicted octanol–water partition coefficient (Wildman–Crippen LogP) is 0.493. The monoisotopic (exact) mass is 264 g/mol. The van der Waals surface area contributed by atoms with Gasteiger partial charge in [-0.1, -0.05) is 6.92 Å². The van der Waals surface area contributed by atoms with Crippen LogP contribution in [-0.4, -0.2) is 41.1 Å². The second kappa shape index (κ2) is 5.17. The molecule has 0 bridgehead atoms. The van der Waals surface area contributed by atoms with Crippen molar-refractivity contribution in [3.63, 3.8) is 0 Å². The van der Waals surface area contributed by atoms with Crippen molar-refractivity contribution in [2.45, 2.75) is 26.8 Å². The molecule has 2 aromatic heterocycles. The molecule has 0 saturated carbocycles. The second-order valence-corrected chi connectivity index (χ2v) is 4.68. The van der Waals surface area contributed by atoms with E-state index in [1.54, 1.807) is 9.36 Å². The summed E-state index contributed by atoms with van der Waals surface area (Å²) in [4.78, 5) is 10.7. The maximum absolute atomic E-state index is 10.7. The lowest BCUT2D eigenvalue weighted by Crippen LogP contribution is -2.14. The Hall–Kier alpha value is -2.25. The van der Waals surface area contributed by atoms with Gasteiger partial charge in [0.2, 0.25) is 0 Å². The van der Waals surface area contributed by atoms with Crippen LogP contribution in [0.15, 0.2) is 6.07 Å². The lowest BCUT2D eigenvalue weighted by molar-refractivity contribution is -0.138. The van der Waals surface area contributed by atoms with Gasteiger partial charge in [0.25, 0.3) is 0 Å². The first-order chi connectivity index (χ1) is 8.97. The number of nitrogens with zero attached hydrogens (tertiary/aromatic N) is 6. The molecule has 2 rings (SSSR count). The Kier molecular flexibility index (Phi) is 3.59. The maximum Gasteiger partial charge on any atom is 0.303 e. The predicted molar refractivity (Wildman–Crippen MR) is 66.2 cm³/mol. The zero-order valence-electron chi connectivity index (χ0n) is 11.1. The van der Waals surface area contributed by atoms with E-state index in [0.29, 0.717) is 12.4 Å². The lowest BCUT2D eigenvalue weighted by atomic mass is 10.1.